The molecule has 1 aliphatic heterocycles. The van der Waals surface area contributed by atoms with Crippen molar-refractivity contribution < 1.29 is 0 Å². The molecular formula is C23H24N8O. The number of rotatable bonds is 2. The first-order valence-electron chi connectivity index (χ1n) is 10.6. The second-order valence-electron chi connectivity index (χ2n) is 8.98. The van der Waals surface area contributed by atoms with Crippen molar-refractivity contribution in [3.05, 3.63) is 52.6 Å². The Morgan fingerprint density at radius 2 is 1.75 bits per heavy atom. The summed E-state index contributed by atoms with van der Waals surface area (Å²) in [5, 5.41) is 15.5. The maximum absolute atomic E-state index is 12.7. The van der Waals surface area contributed by atoms with Crippen LogP contribution in [0.4, 0.5) is 11.6 Å². The first-order valence-corrected chi connectivity index (χ1v) is 10.6. The van der Waals surface area contributed by atoms with E-state index in [2.05, 4.69) is 30.9 Å². The number of pyridine rings is 1. The summed E-state index contributed by atoms with van der Waals surface area (Å²) in [5.74, 6) is 0.549. The highest BCUT2D eigenvalue weighted by atomic mass is 16.1. The Balaban J connectivity index is 1.46. The minimum atomic E-state index is -0.283. The molecule has 1 saturated heterocycles. The highest BCUT2D eigenvalue weighted by Crippen LogP contribution is 2.30. The largest absolute Gasteiger partial charge is 0.366 e. The Morgan fingerprint density at radius 3 is 2.47 bits per heavy atom. The molecule has 0 saturated carbocycles. The van der Waals surface area contributed by atoms with Crippen LogP contribution in [0.2, 0.25) is 0 Å². The van der Waals surface area contributed by atoms with Crippen LogP contribution in [0.3, 0.4) is 0 Å². The van der Waals surface area contributed by atoms with Gasteiger partial charge in [-0.1, -0.05) is 18.2 Å². The second-order valence-corrected chi connectivity index (χ2v) is 8.98. The summed E-state index contributed by atoms with van der Waals surface area (Å²) in [7, 11) is 0. The van der Waals surface area contributed by atoms with Gasteiger partial charge in [-0.05, 0) is 26.8 Å². The Kier molecular flexibility index (Phi) is 4.59. The number of fused-ring (bicyclic) bond motifs is 2. The van der Waals surface area contributed by atoms with E-state index in [4.69, 9.17) is 4.98 Å². The maximum Gasteiger partial charge on any atom is 0.263 e. The first-order chi connectivity index (χ1) is 15.4. The van der Waals surface area contributed by atoms with Gasteiger partial charge in [-0.2, -0.15) is 15.3 Å². The van der Waals surface area contributed by atoms with Crippen molar-refractivity contribution >= 4 is 33.6 Å². The number of nitrogens with zero attached hydrogens (tertiary/aromatic N) is 7. The average Bonchev–Trinajstić information content (AvgIpc) is 3.24. The van der Waals surface area contributed by atoms with Crippen molar-refractivity contribution in [2.75, 3.05) is 36.0 Å². The Bertz CT molecular complexity index is 1410. The van der Waals surface area contributed by atoms with Crippen molar-refractivity contribution in [2.45, 2.75) is 26.3 Å². The lowest BCUT2D eigenvalue weighted by atomic mass is 10.1. The SMILES string of the molecule is CC(C)(C)n1ncc2c(=O)[nH]c(N3CCN(c4c(C#N)cnc5ccccc45)CC3)nc21. The molecule has 1 fully saturated rings. The molecule has 1 aromatic carbocycles. The number of anilines is 2. The van der Waals surface area contributed by atoms with Crippen LogP contribution in [0.25, 0.3) is 21.9 Å². The molecule has 32 heavy (non-hydrogen) atoms. The number of nitriles is 1. The molecule has 5 rings (SSSR count). The van der Waals surface area contributed by atoms with Crippen LogP contribution >= 0.6 is 0 Å². The summed E-state index contributed by atoms with van der Waals surface area (Å²) in [4.78, 5) is 29.1. The molecule has 9 heteroatoms. The number of hydrogen-bond acceptors (Lipinski definition) is 7. The number of nitrogens with one attached hydrogen (secondary N) is 1. The fraction of sp³-hybridized carbons (Fsp3) is 0.348. The zero-order valence-electron chi connectivity index (χ0n) is 18.3. The standard InChI is InChI=1S/C23H24N8O/c1-23(2,3)31-20-17(14-26-31)21(32)28-22(27-20)30-10-8-29(9-11-30)19-15(12-24)13-25-18-7-5-4-6-16(18)19/h4-7,13-14H,8-11H2,1-3H3,(H,27,28,32). The van der Waals surface area contributed by atoms with Gasteiger partial charge in [-0.3, -0.25) is 14.8 Å². The lowest BCUT2D eigenvalue weighted by Crippen LogP contribution is -2.47. The van der Waals surface area contributed by atoms with Crippen LogP contribution in [-0.4, -0.2) is 50.9 Å². The van der Waals surface area contributed by atoms with Crippen LogP contribution in [0, 0.1) is 11.3 Å². The van der Waals surface area contributed by atoms with E-state index in [1.54, 1.807) is 17.1 Å². The van der Waals surface area contributed by atoms with Gasteiger partial charge in [0.05, 0.1) is 28.5 Å². The van der Waals surface area contributed by atoms with Gasteiger partial charge in [-0.25, -0.2) is 4.68 Å². The molecule has 9 nitrogen and oxygen atoms in total. The number of hydrogen-bond donors (Lipinski definition) is 1. The predicted octanol–water partition coefficient (Wildman–Crippen LogP) is 2.62. The molecule has 4 heterocycles. The summed E-state index contributed by atoms with van der Waals surface area (Å²) >= 11 is 0. The maximum atomic E-state index is 12.7. The fourth-order valence-corrected chi connectivity index (χ4v) is 4.24. The summed E-state index contributed by atoms with van der Waals surface area (Å²) in [6, 6.07) is 10.2. The third-order valence-electron chi connectivity index (χ3n) is 5.82. The van der Waals surface area contributed by atoms with Gasteiger partial charge in [0, 0.05) is 37.8 Å². The van der Waals surface area contributed by atoms with Crippen molar-refractivity contribution in [2.24, 2.45) is 0 Å². The van der Waals surface area contributed by atoms with Gasteiger partial charge in [0.25, 0.3) is 5.56 Å². The normalized spacial score (nSPS) is 14.8. The lowest BCUT2D eigenvalue weighted by Gasteiger charge is -2.37. The number of aromatic nitrogens is 5. The molecule has 162 valence electrons. The molecule has 3 aromatic heterocycles. The second kappa shape index (κ2) is 7.34. The molecule has 0 unspecified atom stereocenters. The van der Waals surface area contributed by atoms with E-state index in [9.17, 15) is 10.1 Å². The van der Waals surface area contributed by atoms with Crippen molar-refractivity contribution in [1.82, 2.24) is 24.7 Å². The highest BCUT2D eigenvalue weighted by molar-refractivity contribution is 5.94. The molecule has 0 bridgehead atoms. The summed E-state index contributed by atoms with van der Waals surface area (Å²) < 4.78 is 1.79. The smallest absolute Gasteiger partial charge is 0.263 e. The van der Waals surface area contributed by atoms with Crippen LogP contribution in [0.5, 0.6) is 0 Å². The number of benzene rings is 1. The average molecular weight is 429 g/mol. The number of para-hydroxylation sites is 1. The van der Waals surface area contributed by atoms with Crippen molar-refractivity contribution in [3.8, 4) is 6.07 Å². The van der Waals surface area contributed by atoms with Crippen LogP contribution in [-0.2, 0) is 5.54 Å². The van der Waals surface area contributed by atoms with Gasteiger partial charge in [0.1, 0.15) is 11.5 Å². The van der Waals surface area contributed by atoms with E-state index >= 15 is 0 Å². The Hall–Kier alpha value is -3.93. The third kappa shape index (κ3) is 3.24. The van der Waals surface area contributed by atoms with Gasteiger partial charge < -0.3 is 9.80 Å². The van der Waals surface area contributed by atoms with E-state index in [0.29, 0.717) is 48.7 Å². The number of aromatic amines is 1. The van der Waals surface area contributed by atoms with Crippen LogP contribution in [0.1, 0.15) is 26.3 Å². The predicted molar refractivity (Wildman–Crippen MR) is 124 cm³/mol. The molecular weight excluding hydrogens is 404 g/mol. The lowest BCUT2D eigenvalue weighted by molar-refractivity contribution is 0.366. The van der Waals surface area contributed by atoms with Crippen LogP contribution < -0.4 is 15.4 Å². The van der Waals surface area contributed by atoms with E-state index < -0.39 is 0 Å². The van der Waals surface area contributed by atoms with E-state index in [1.807, 2.05) is 45.0 Å². The molecule has 0 amide bonds. The van der Waals surface area contributed by atoms with Crippen molar-refractivity contribution in [1.29, 1.82) is 5.26 Å². The zero-order chi connectivity index (χ0) is 22.5. The van der Waals surface area contributed by atoms with E-state index in [0.717, 1.165) is 16.6 Å². The van der Waals surface area contributed by atoms with Gasteiger partial charge >= 0.3 is 0 Å². The monoisotopic (exact) mass is 428 g/mol. The van der Waals surface area contributed by atoms with Gasteiger partial charge in [0.15, 0.2) is 5.65 Å². The van der Waals surface area contributed by atoms with Crippen molar-refractivity contribution in [3.63, 3.8) is 0 Å². The number of H-pyrrole nitrogens is 1. The third-order valence-corrected chi connectivity index (χ3v) is 5.82. The zero-order valence-corrected chi connectivity index (χ0v) is 18.3. The molecule has 0 atom stereocenters. The summed E-state index contributed by atoms with van der Waals surface area (Å²) in [5.41, 5.74) is 2.48. The molecule has 0 aliphatic carbocycles. The van der Waals surface area contributed by atoms with E-state index in [1.165, 1.54) is 0 Å². The topological polar surface area (TPSA) is 107 Å². The molecule has 4 aromatic rings. The number of piperazine rings is 1. The minimum absolute atomic E-state index is 0.185. The summed E-state index contributed by atoms with van der Waals surface area (Å²) in [6.07, 6.45) is 3.22. The Morgan fingerprint density at radius 1 is 1.03 bits per heavy atom. The minimum Gasteiger partial charge on any atom is -0.366 e. The molecule has 1 aliphatic rings. The molecule has 0 radical (unpaired) electrons. The van der Waals surface area contributed by atoms with Crippen LogP contribution in [0.15, 0.2) is 41.5 Å². The fourth-order valence-electron chi connectivity index (χ4n) is 4.24. The highest BCUT2D eigenvalue weighted by Gasteiger charge is 2.25. The Labute approximate surface area is 184 Å². The molecule has 1 N–H and O–H groups in total. The summed E-state index contributed by atoms with van der Waals surface area (Å²) in [6.45, 7) is 8.83. The van der Waals surface area contributed by atoms with E-state index in [-0.39, 0.29) is 11.1 Å². The van der Waals surface area contributed by atoms with Gasteiger partial charge in [-0.15, -0.1) is 0 Å². The molecule has 0 spiro atoms. The first kappa shape index (κ1) is 20.0. The van der Waals surface area contributed by atoms with Gasteiger partial charge in [0.2, 0.25) is 5.95 Å². The quantitative estimate of drug-likeness (QED) is 0.523.